The summed E-state index contributed by atoms with van der Waals surface area (Å²) >= 11 is 0. The highest BCUT2D eigenvalue weighted by Gasteiger charge is 2.19. The zero-order valence-corrected chi connectivity index (χ0v) is 11.3. The third-order valence-electron chi connectivity index (χ3n) is 4.02. The van der Waals surface area contributed by atoms with Crippen molar-refractivity contribution in [3.8, 4) is 0 Å². The van der Waals surface area contributed by atoms with Crippen molar-refractivity contribution in [3.63, 3.8) is 0 Å². The molecule has 1 saturated heterocycles. The molecule has 3 rings (SSSR count). The summed E-state index contributed by atoms with van der Waals surface area (Å²) in [6.45, 7) is 3.53. The van der Waals surface area contributed by atoms with E-state index in [1.165, 1.54) is 37.2 Å². The second-order valence-corrected chi connectivity index (χ2v) is 5.49. The van der Waals surface area contributed by atoms with Crippen molar-refractivity contribution in [3.05, 3.63) is 54.1 Å². The molecule has 1 aliphatic heterocycles. The summed E-state index contributed by atoms with van der Waals surface area (Å²) in [4.78, 5) is 9.87. The van der Waals surface area contributed by atoms with Crippen LogP contribution in [0.5, 0.6) is 0 Å². The second-order valence-electron chi connectivity index (χ2n) is 5.49. The first-order chi connectivity index (χ1) is 9.40. The van der Waals surface area contributed by atoms with Crippen LogP contribution in [0, 0.1) is 5.92 Å². The molecular formula is C16H21N3. The Morgan fingerprint density at radius 1 is 1.16 bits per heavy atom. The molecule has 1 aliphatic rings. The number of aromatic amines is 1. The maximum atomic E-state index is 4.09. The largest absolute Gasteiger partial charge is 0.348 e. The molecule has 1 fully saturated rings. The lowest BCUT2D eigenvalue weighted by atomic mass is 9.92. The molecule has 100 valence electrons. The number of piperidine rings is 1. The van der Waals surface area contributed by atoms with Crippen molar-refractivity contribution in [2.24, 2.45) is 5.92 Å². The summed E-state index contributed by atoms with van der Waals surface area (Å²) < 4.78 is 0. The Morgan fingerprint density at radius 2 is 1.95 bits per heavy atom. The highest BCUT2D eigenvalue weighted by molar-refractivity contribution is 5.14. The Morgan fingerprint density at radius 3 is 2.63 bits per heavy atom. The summed E-state index contributed by atoms with van der Waals surface area (Å²) in [6.07, 6.45) is 7.48. The fraction of sp³-hybridized carbons (Fsp3) is 0.438. The van der Waals surface area contributed by atoms with Gasteiger partial charge in [-0.3, -0.25) is 4.90 Å². The van der Waals surface area contributed by atoms with Gasteiger partial charge >= 0.3 is 0 Å². The molecular weight excluding hydrogens is 234 g/mol. The molecule has 0 aliphatic carbocycles. The molecule has 3 nitrogen and oxygen atoms in total. The van der Waals surface area contributed by atoms with Gasteiger partial charge in [-0.15, -0.1) is 0 Å². The van der Waals surface area contributed by atoms with Gasteiger partial charge in [-0.25, -0.2) is 4.98 Å². The number of hydrogen-bond donors (Lipinski definition) is 1. The summed E-state index contributed by atoms with van der Waals surface area (Å²) in [6, 6.07) is 10.8. The highest BCUT2D eigenvalue weighted by atomic mass is 15.1. The fourth-order valence-corrected chi connectivity index (χ4v) is 2.90. The van der Waals surface area contributed by atoms with Gasteiger partial charge in [-0.1, -0.05) is 30.3 Å². The topological polar surface area (TPSA) is 31.9 Å². The number of benzene rings is 1. The molecule has 0 amide bonds. The summed E-state index contributed by atoms with van der Waals surface area (Å²) in [5, 5.41) is 0. The molecule has 1 aromatic heterocycles. The summed E-state index contributed by atoms with van der Waals surface area (Å²) in [7, 11) is 0. The van der Waals surface area contributed by atoms with Gasteiger partial charge in [0.05, 0.1) is 6.33 Å². The fourth-order valence-electron chi connectivity index (χ4n) is 2.90. The molecule has 1 aromatic carbocycles. The number of likely N-dealkylation sites (tertiary alicyclic amines) is 1. The Kier molecular flexibility index (Phi) is 3.94. The van der Waals surface area contributed by atoms with E-state index in [0.717, 1.165) is 18.9 Å². The van der Waals surface area contributed by atoms with E-state index < -0.39 is 0 Å². The molecule has 0 bridgehead atoms. The van der Waals surface area contributed by atoms with E-state index in [0.29, 0.717) is 0 Å². The quantitative estimate of drug-likeness (QED) is 0.911. The first kappa shape index (κ1) is 12.4. The Bertz CT molecular complexity index is 470. The SMILES string of the molecule is c1ccc(CN2CCC(Cc3cnc[nH]3)CC2)cc1. The van der Waals surface area contributed by atoms with Crippen LogP contribution in [0.4, 0.5) is 0 Å². The third kappa shape index (κ3) is 3.44. The van der Waals surface area contributed by atoms with Gasteiger partial charge < -0.3 is 4.98 Å². The van der Waals surface area contributed by atoms with Gasteiger partial charge in [0.1, 0.15) is 0 Å². The minimum Gasteiger partial charge on any atom is -0.348 e. The van der Waals surface area contributed by atoms with E-state index in [9.17, 15) is 0 Å². The van der Waals surface area contributed by atoms with E-state index in [4.69, 9.17) is 0 Å². The molecule has 19 heavy (non-hydrogen) atoms. The van der Waals surface area contributed by atoms with E-state index in [2.05, 4.69) is 45.2 Å². The van der Waals surface area contributed by atoms with Crippen molar-refractivity contribution in [1.82, 2.24) is 14.9 Å². The molecule has 2 aromatic rings. The third-order valence-corrected chi connectivity index (χ3v) is 4.02. The second kappa shape index (κ2) is 6.02. The number of aromatic nitrogens is 2. The minimum absolute atomic E-state index is 0.812. The van der Waals surface area contributed by atoms with Crippen LogP contribution in [0.1, 0.15) is 24.1 Å². The smallest absolute Gasteiger partial charge is 0.0921 e. The Hall–Kier alpha value is -1.61. The van der Waals surface area contributed by atoms with Crippen molar-refractivity contribution in [1.29, 1.82) is 0 Å². The lowest BCUT2D eigenvalue weighted by Gasteiger charge is -2.31. The normalized spacial score (nSPS) is 17.7. The number of nitrogens with one attached hydrogen (secondary N) is 1. The van der Waals surface area contributed by atoms with E-state index >= 15 is 0 Å². The van der Waals surface area contributed by atoms with E-state index in [1.54, 1.807) is 6.33 Å². The molecule has 1 N–H and O–H groups in total. The monoisotopic (exact) mass is 255 g/mol. The number of rotatable bonds is 4. The van der Waals surface area contributed by atoms with E-state index in [1.807, 2.05) is 6.20 Å². The lowest BCUT2D eigenvalue weighted by molar-refractivity contribution is 0.176. The highest BCUT2D eigenvalue weighted by Crippen LogP contribution is 2.21. The number of hydrogen-bond acceptors (Lipinski definition) is 2. The maximum Gasteiger partial charge on any atom is 0.0921 e. The molecule has 0 saturated carbocycles. The van der Waals surface area contributed by atoms with Crippen molar-refractivity contribution >= 4 is 0 Å². The maximum absolute atomic E-state index is 4.09. The lowest BCUT2D eigenvalue weighted by Crippen LogP contribution is -2.33. The number of nitrogens with zero attached hydrogens (tertiary/aromatic N) is 2. The van der Waals surface area contributed by atoms with Crippen LogP contribution < -0.4 is 0 Å². The zero-order chi connectivity index (χ0) is 12.9. The average molecular weight is 255 g/mol. The molecule has 0 radical (unpaired) electrons. The molecule has 0 spiro atoms. The van der Waals surface area contributed by atoms with Crippen LogP contribution in [-0.4, -0.2) is 28.0 Å². The van der Waals surface area contributed by atoms with Gasteiger partial charge in [0.25, 0.3) is 0 Å². The van der Waals surface area contributed by atoms with Crippen molar-refractivity contribution in [2.75, 3.05) is 13.1 Å². The summed E-state index contributed by atoms with van der Waals surface area (Å²) in [5.74, 6) is 0.812. The van der Waals surface area contributed by atoms with E-state index in [-0.39, 0.29) is 0 Å². The van der Waals surface area contributed by atoms with Crippen LogP contribution >= 0.6 is 0 Å². The predicted octanol–water partition coefficient (Wildman–Crippen LogP) is 2.86. The van der Waals surface area contributed by atoms with Crippen LogP contribution in [0.25, 0.3) is 0 Å². The number of imidazole rings is 1. The van der Waals surface area contributed by atoms with Gasteiger partial charge in [-0.2, -0.15) is 0 Å². The standard InChI is InChI=1S/C16H21N3/c1-2-4-15(5-3-1)12-19-8-6-14(7-9-19)10-16-11-17-13-18-16/h1-5,11,13-14H,6-10,12H2,(H,17,18). The first-order valence-electron chi connectivity index (χ1n) is 7.13. The minimum atomic E-state index is 0.812. The van der Waals surface area contributed by atoms with Crippen LogP contribution in [0.15, 0.2) is 42.9 Å². The zero-order valence-electron chi connectivity index (χ0n) is 11.3. The van der Waals surface area contributed by atoms with Gasteiger partial charge in [-0.05, 0) is 43.8 Å². The number of H-pyrrole nitrogens is 1. The molecule has 3 heteroatoms. The van der Waals surface area contributed by atoms with Gasteiger partial charge in [0, 0.05) is 18.4 Å². The molecule has 2 heterocycles. The van der Waals surface area contributed by atoms with Gasteiger partial charge in [0.15, 0.2) is 0 Å². The predicted molar refractivity (Wildman–Crippen MR) is 76.7 cm³/mol. The van der Waals surface area contributed by atoms with Crippen molar-refractivity contribution in [2.45, 2.75) is 25.8 Å². The van der Waals surface area contributed by atoms with Crippen LogP contribution in [0.3, 0.4) is 0 Å². The molecule has 0 unspecified atom stereocenters. The first-order valence-corrected chi connectivity index (χ1v) is 7.13. The van der Waals surface area contributed by atoms with Crippen LogP contribution in [0.2, 0.25) is 0 Å². The van der Waals surface area contributed by atoms with Crippen molar-refractivity contribution < 1.29 is 0 Å². The molecule has 0 atom stereocenters. The van der Waals surface area contributed by atoms with Crippen LogP contribution in [-0.2, 0) is 13.0 Å². The summed E-state index contributed by atoms with van der Waals surface area (Å²) in [5.41, 5.74) is 2.70. The van der Waals surface area contributed by atoms with Gasteiger partial charge in [0.2, 0.25) is 0 Å². The average Bonchev–Trinajstić information content (AvgIpc) is 2.95. The Balaban J connectivity index is 1.47. The Labute approximate surface area is 114 Å².